The molecule has 0 nitrogen and oxygen atoms in total. The molecular formula is C14H22ClIr. The number of halogens is 1. The van der Waals surface area contributed by atoms with Crippen LogP contribution in [0, 0.1) is 24.7 Å². The topological polar surface area (TPSA) is 0 Å². The molecule has 0 aliphatic heterocycles. The first kappa shape index (κ1) is 18.6. The van der Waals surface area contributed by atoms with Crippen LogP contribution in [0.5, 0.6) is 0 Å². The summed E-state index contributed by atoms with van der Waals surface area (Å²) in [5.41, 5.74) is 2.94. The van der Waals surface area contributed by atoms with Gasteiger partial charge in [0.15, 0.2) is 0 Å². The SMILES string of the molecule is C=CC[CH2-].C[C]1[C](C)[C-](C)C(C)=C1C.[Cl][Ir+2]. The van der Waals surface area contributed by atoms with Crippen LogP contribution in [0.4, 0.5) is 0 Å². The van der Waals surface area contributed by atoms with E-state index < -0.39 is 0 Å². The molecule has 16 heavy (non-hydrogen) atoms. The van der Waals surface area contributed by atoms with Crippen molar-refractivity contribution in [2.45, 2.75) is 41.0 Å². The fraction of sp³-hybridized carbons (Fsp3) is 0.429. The molecule has 0 amide bonds. The Morgan fingerprint density at radius 2 is 1.69 bits per heavy atom. The second-order valence-corrected chi connectivity index (χ2v) is 3.70. The van der Waals surface area contributed by atoms with Crippen molar-refractivity contribution in [3.8, 4) is 0 Å². The number of rotatable bonds is 1. The van der Waals surface area contributed by atoms with Crippen LogP contribution in [-0.2, 0) is 17.9 Å². The zero-order valence-corrected chi connectivity index (χ0v) is 14.1. The summed E-state index contributed by atoms with van der Waals surface area (Å²) in [6.07, 6.45) is 2.60. The molecule has 0 bridgehead atoms. The average molecular weight is 418 g/mol. The molecule has 0 aromatic carbocycles. The van der Waals surface area contributed by atoms with Crippen LogP contribution in [0.1, 0.15) is 41.0 Å². The van der Waals surface area contributed by atoms with Crippen LogP contribution in [0.3, 0.4) is 0 Å². The Hall–Kier alpha value is 0.289. The third-order valence-electron chi connectivity index (χ3n) is 3.02. The Balaban J connectivity index is 0. The minimum atomic E-state index is 0.833. The van der Waals surface area contributed by atoms with E-state index in [-0.39, 0.29) is 0 Å². The molecule has 94 valence electrons. The Morgan fingerprint density at radius 1 is 1.31 bits per heavy atom. The van der Waals surface area contributed by atoms with E-state index in [0.717, 1.165) is 6.42 Å². The summed E-state index contributed by atoms with van der Waals surface area (Å²) >= 11 is 1.47. The van der Waals surface area contributed by atoms with Crippen molar-refractivity contribution < 1.29 is 17.9 Å². The van der Waals surface area contributed by atoms with Crippen LogP contribution in [0.2, 0.25) is 0 Å². The van der Waals surface area contributed by atoms with Gasteiger partial charge >= 0.3 is 27.5 Å². The summed E-state index contributed by atoms with van der Waals surface area (Å²) in [6, 6.07) is 0. The Kier molecular flexibility index (Phi) is 12.2. The quantitative estimate of drug-likeness (QED) is 0.406. The summed E-state index contributed by atoms with van der Waals surface area (Å²) in [4.78, 5) is 0. The monoisotopic (exact) mass is 418 g/mol. The molecule has 0 N–H and O–H groups in total. The Labute approximate surface area is 117 Å². The standard InChI is InChI=1S/C10H15.C4H7.ClH.Ir/c1-6-7(2)9(4)10(5)8(6)3;1-3-4-2;;/h1-5H3;3H,1-2,4H2;1H;/q2*-1;;+3/p-1. The maximum absolute atomic E-state index is 4.64. The molecule has 0 saturated carbocycles. The maximum atomic E-state index is 4.64. The van der Waals surface area contributed by atoms with Gasteiger partial charge in [-0.05, 0) is 0 Å². The van der Waals surface area contributed by atoms with Gasteiger partial charge < -0.3 is 6.92 Å². The average Bonchev–Trinajstić information content (AvgIpc) is 2.50. The normalized spacial score (nSPS) is 16.4. The molecule has 0 atom stereocenters. The van der Waals surface area contributed by atoms with Crippen LogP contribution in [0.25, 0.3) is 0 Å². The fourth-order valence-electron chi connectivity index (χ4n) is 1.41. The predicted molar refractivity (Wildman–Crippen MR) is 71.1 cm³/mol. The van der Waals surface area contributed by atoms with Gasteiger partial charge in [0.25, 0.3) is 0 Å². The van der Waals surface area contributed by atoms with Crippen LogP contribution < -0.4 is 0 Å². The molecule has 0 aromatic rings. The van der Waals surface area contributed by atoms with E-state index in [1.54, 1.807) is 6.08 Å². The summed E-state index contributed by atoms with van der Waals surface area (Å²) in [6.45, 7) is 17.9. The van der Waals surface area contributed by atoms with Gasteiger partial charge in [-0.1, -0.05) is 32.6 Å². The van der Waals surface area contributed by atoms with E-state index in [9.17, 15) is 0 Å². The molecule has 0 saturated heterocycles. The molecule has 2 radical (unpaired) electrons. The number of hydrogen-bond donors (Lipinski definition) is 0. The molecule has 0 unspecified atom stereocenters. The first-order valence-electron chi connectivity index (χ1n) is 5.19. The second-order valence-electron chi connectivity index (χ2n) is 3.70. The molecule has 1 rings (SSSR count). The Bertz CT molecular complexity index is 203. The van der Waals surface area contributed by atoms with Crippen molar-refractivity contribution in [2.75, 3.05) is 0 Å². The molecule has 2 heteroatoms. The van der Waals surface area contributed by atoms with Crippen LogP contribution in [-0.4, -0.2) is 0 Å². The van der Waals surface area contributed by atoms with Crippen molar-refractivity contribution in [2.24, 2.45) is 0 Å². The first-order chi connectivity index (χ1) is 7.47. The second kappa shape index (κ2) is 10.4. The zero-order valence-electron chi connectivity index (χ0n) is 10.9. The van der Waals surface area contributed by atoms with Gasteiger partial charge in [0.2, 0.25) is 0 Å². The fourth-order valence-corrected chi connectivity index (χ4v) is 1.41. The van der Waals surface area contributed by atoms with Gasteiger partial charge in [0.1, 0.15) is 0 Å². The van der Waals surface area contributed by atoms with Gasteiger partial charge in [-0.15, -0.1) is 26.5 Å². The van der Waals surface area contributed by atoms with Crippen molar-refractivity contribution in [3.63, 3.8) is 0 Å². The van der Waals surface area contributed by atoms with E-state index in [1.165, 1.54) is 46.8 Å². The summed E-state index contributed by atoms with van der Waals surface area (Å²) in [5.74, 6) is 4.40. The van der Waals surface area contributed by atoms with Crippen LogP contribution >= 0.6 is 9.58 Å². The number of allylic oxidation sites excluding steroid dienone is 3. The summed E-state index contributed by atoms with van der Waals surface area (Å²) < 4.78 is 0. The van der Waals surface area contributed by atoms with Crippen molar-refractivity contribution >= 4 is 9.58 Å². The van der Waals surface area contributed by atoms with E-state index in [1.807, 2.05) is 0 Å². The van der Waals surface area contributed by atoms with Gasteiger partial charge in [-0.3, -0.25) is 0 Å². The van der Waals surface area contributed by atoms with E-state index >= 15 is 0 Å². The molecule has 1 aliphatic carbocycles. The molecule has 1 aliphatic rings. The predicted octanol–water partition coefficient (Wildman–Crippen LogP) is 5.20. The summed E-state index contributed by atoms with van der Waals surface area (Å²) in [5, 5.41) is 0. The molecule has 0 spiro atoms. The summed E-state index contributed by atoms with van der Waals surface area (Å²) in [7, 11) is 4.64. The first-order valence-corrected chi connectivity index (χ1v) is 8.16. The Morgan fingerprint density at radius 3 is 1.75 bits per heavy atom. The molecule has 0 fully saturated rings. The molecule has 0 aromatic heterocycles. The van der Waals surface area contributed by atoms with Gasteiger partial charge in [0, 0.05) is 0 Å². The van der Waals surface area contributed by atoms with E-state index in [2.05, 4.69) is 57.7 Å². The van der Waals surface area contributed by atoms with Crippen molar-refractivity contribution in [3.05, 3.63) is 48.5 Å². The van der Waals surface area contributed by atoms with Crippen molar-refractivity contribution in [1.29, 1.82) is 0 Å². The van der Waals surface area contributed by atoms with Gasteiger partial charge in [-0.2, -0.15) is 6.42 Å². The third kappa shape index (κ3) is 5.57. The number of hydrogen-bond acceptors (Lipinski definition) is 0. The van der Waals surface area contributed by atoms with E-state index in [4.69, 9.17) is 0 Å². The van der Waals surface area contributed by atoms with Gasteiger partial charge in [-0.25, -0.2) is 17.1 Å². The third-order valence-corrected chi connectivity index (χ3v) is 3.02. The molecule has 0 heterocycles. The van der Waals surface area contributed by atoms with E-state index in [0.29, 0.717) is 0 Å². The van der Waals surface area contributed by atoms with Crippen LogP contribution in [0.15, 0.2) is 23.8 Å². The van der Waals surface area contributed by atoms with Gasteiger partial charge in [0.05, 0.1) is 0 Å². The zero-order chi connectivity index (χ0) is 13.3. The van der Waals surface area contributed by atoms with Crippen molar-refractivity contribution in [1.82, 2.24) is 0 Å². The molecular weight excluding hydrogens is 396 g/mol. The minimum absolute atomic E-state index is 0.833.